The lowest BCUT2D eigenvalue weighted by Gasteiger charge is -2.26. The molecule has 138 valence electrons. The zero-order valence-corrected chi connectivity index (χ0v) is 15.7. The van der Waals surface area contributed by atoms with Crippen LogP contribution in [0.4, 0.5) is 5.69 Å². The normalized spacial score (nSPS) is 22.9. The average molecular weight is 388 g/mol. The maximum Gasteiger partial charge on any atom is 0.228 e. The van der Waals surface area contributed by atoms with Crippen LogP contribution in [0.1, 0.15) is 19.3 Å². The Labute approximate surface area is 158 Å². The molecule has 0 saturated carbocycles. The topological polar surface area (TPSA) is 75.9 Å². The molecular weight excluding hydrogens is 365 g/mol. The Hall–Kier alpha value is -1.50. The smallest absolute Gasteiger partial charge is 0.228 e. The van der Waals surface area contributed by atoms with Crippen LogP contribution in [0.15, 0.2) is 18.2 Å². The summed E-state index contributed by atoms with van der Waals surface area (Å²) in [5.41, 5.74) is 6.37. The van der Waals surface area contributed by atoms with Gasteiger partial charge in [-0.25, -0.2) is 0 Å². The van der Waals surface area contributed by atoms with E-state index in [0.717, 1.165) is 19.4 Å². The van der Waals surface area contributed by atoms with E-state index in [1.165, 1.54) is 0 Å². The molecule has 2 unspecified atom stereocenters. The van der Waals surface area contributed by atoms with Gasteiger partial charge >= 0.3 is 0 Å². The largest absolute Gasteiger partial charge is 0.495 e. The van der Waals surface area contributed by atoms with Crippen molar-refractivity contribution in [2.75, 3.05) is 31.6 Å². The van der Waals surface area contributed by atoms with E-state index < -0.39 is 0 Å². The van der Waals surface area contributed by atoms with Crippen molar-refractivity contribution < 1.29 is 14.3 Å². The quantitative estimate of drug-likeness (QED) is 0.857. The summed E-state index contributed by atoms with van der Waals surface area (Å²) in [5.74, 6) is 0.174. The number of rotatable bonds is 4. The van der Waals surface area contributed by atoms with Crippen LogP contribution < -0.4 is 15.4 Å². The highest BCUT2D eigenvalue weighted by atomic mass is 35.5. The molecule has 2 heterocycles. The molecule has 2 saturated heterocycles. The van der Waals surface area contributed by atoms with E-state index in [2.05, 4.69) is 0 Å². The van der Waals surface area contributed by atoms with Crippen molar-refractivity contribution in [2.45, 2.75) is 25.3 Å². The number of nitrogens with zero attached hydrogens (tertiary/aromatic N) is 2. The van der Waals surface area contributed by atoms with E-state index in [1.807, 2.05) is 4.90 Å². The molecule has 1 aromatic carbocycles. The minimum absolute atomic E-state index is 0. The van der Waals surface area contributed by atoms with Crippen LogP contribution in [0.5, 0.6) is 5.75 Å². The van der Waals surface area contributed by atoms with Crippen molar-refractivity contribution in [3.05, 3.63) is 23.2 Å². The number of amides is 2. The fraction of sp³-hybridized carbons (Fsp3) is 0.529. The Kier molecular flexibility index (Phi) is 6.54. The van der Waals surface area contributed by atoms with Crippen molar-refractivity contribution in [3.63, 3.8) is 0 Å². The molecule has 2 N–H and O–H groups in total. The zero-order chi connectivity index (χ0) is 17.3. The van der Waals surface area contributed by atoms with Gasteiger partial charge < -0.3 is 20.3 Å². The van der Waals surface area contributed by atoms with Gasteiger partial charge in [-0.3, -0.25) is 9.59 Å². The van der Waals surface area contributed by atoms with Gasteiger partial charge in [0.05, 0.1) is 18.7 Å². The van der Waals surface area contributed by atoms with Crippen LogP contribution in [0.3, 0.4) is 0 Å². The van der Waals surface area contributed by atoms with Crippen LogP contribution in [0.25, 0.3) is 0 Å². The van der Waals surface area contributed by atoms with Crippen molar-refractivity contribution >= 4 is 41.5 Å². The third kappa shape index (κ3) is 3.86. The number of benzene rings is 1. The summed E-state index contributed by atoms with van der Waals surface area (Å²) in [6, 6.07) is 5.24. The predicted molar refractivity (Wildman–Crippen MR) is 99.5 cm³/mol. The molecule has 0 spiro atoms. The minimum Gasteiger partial charge on any atom is -0.495 e. The molecule has 1 aromatic rings. The summed E-state index contributed by atoms with van der Waals surface area (Å²) in [6.07, 6.45) is 2.12. The second-order valence-corrected chi connectivity index (χ2v) is 6.72. The van der Waals surface area contributed by atoms with Gasteiger partial charge in [0.15, 0.2) is 0 Å². The number of likely N-dealkylation sites (tertiary alicyclic amines) is 1. The molecule has 0 bridgehead atoms. The summed E-state index contributed by atoms with van der Waals surface area (Å²) in [4.78, 5) is 28.7. The van der Waals surface area contributed by atoms with Crippen LogP contribution in [0, 0.1) is 5.92 Å². The van der Waals surface area contributed by atoms with Gasteiger partial charge in [-0.15, -0.1) is 12.4 Å². The number of anilines is 1. The Morgan fingerprint density at radius 2 is 2.20 bits per heavy atom. The summed E-state index contributed by atoms with van der Waals surface area (Å²) in [7, 11) is 1.55. The van der Waals surface area contributed by atoms with E-state index in [9.17, 15) is 9.59 Å². The number of halogens is 2. The molecule has 2 amide bonds. The molecule has 8 heteroatoms. The first kappa shape index (κ1) is 19.8. The van der Waals surface area contributed by atoms with E-state index >= 15 is 0 Å². The molecule has 3 rings (SSSR count). The van der Waals surface area contributed by atoms with Crippen LogP contribution in [-0.4, -0.2) is 49.5 Å². The van der Waals surface area contributed by atoms with Crippen LogP contribution in [-0.2, 0) is 9.59 Å². The molecule has 25 heavy (non-hydrogen) atoms. The van der Waals surface area contributed by atoms with Crippen LogP contribution >= 0.6 is 24.0 Å². The van der Waals surface area contributed by atoms with Gasteiger partial charge in [-0.2, -0.15) is 0 Å². The zero-order valence-electron chi connectivity index (χ0n) is 14.1. The average Bonchev–Trinajstić information content (AvgIpc) is 3.20. The number of nitrogens with two attached hydrogens (primary N) is 1. The standard InChI is InChI=1S/C17H22ClN3O3.ClH/c1-24-15-5-4-12(18)8-14(15)21-10-11(7-16(21)22)17(23)20-6-2-3-13(20)9-19;/h4-5,8,11,13H,2-3,6-7,9-10,19H2,1H3;1H. The molecule has 2 aliphatic heterocycles. The van der Waals surface area contributed by atoms with Crippen molar-refractivity contribution in [2.24, 2.45) is 11.7 Å². The number of hydrogen-bond donors (Lipinski definition) is 1. The lowest BCUT2D eigenvalue weighted by molar-refractivity contribution is -0.136. The first-order valence-electron chi connectivity index (χ1n) is 8.19. The van der Waals surface area contributed by atoms with E-state index in [-0.39, 0.29) is 42.6 Å². The number of carbonyl (C=O) groups is 2. The van der Waals surface area contributed by atoms with Gasteiger partial charge in [0.1, 0.15) is 5.75 Å². The van der Waals surface area contributed by atoms with Gasteiger partial charge in [0, 0.05) is 37.1 Å². The third-order valence-corrected chi connectivity index (χ3v) is 5.07. The fourth-order valence-electron chi connectivity index (χ4n) is 3.59. The Morgan fingerprint density at radius 3 is 2.88 bits per heavy atom. The SMILES string of the molecule is COc1ccc(Cl)cc1N1CC(C(=O)N2CCCC2CN)CC1=O.Cl. The van der Waals surface area contributed by atoms with Gasteiger partial charge in [-0.1, -0.05) is 11.6 Å². The van der Waals surface area contributed by atoms with Crippen LogP contribution in [0.2, 0.25) is 5.02 Å². The first-order chi connectivity index (χ1) is 11.5. The van der Waals surface area contributed by atoms with Gasteiger partial charge in [0.2, 0.25) is 11.8 Å². The fourth-order valence-corrected chi connectivity index (χ4v) is 3.75. The van der Waals surface area contributed by atoms with Gasteiger partial charge in [0.25, 0.3) is 0 Å². The highest BCUT2D eigenvalue weighted by Gasteiger charge is 2.40. The monoisotopic (exact) mass is 387 g/mol. The van der Waals surface area contributed by atoms with E-state index in [0.29, 0.717) is 29.5 Å². The van der Waals surface area contributed by atoms with Crippen molar-refractivity contribution in [1.29, 1.82) is 0 Å². The maximum absolute atomic E-state index is 12.8. The Bertz CT molecular complexity index is 656. The molecule has 6 nitrogen and oxygen atoms in total. The molecule has 0 radical (unpaired) electrons. The van der Waals surface area contributed by atoms with Crippen molar-refractivity contribution in [3.8, 4) is 5.75 Å². The summed E-state index contributed by atoms with van der Waals surface area (Å²) < 4.78 is 5.33. The number of hydrogen-bond acceptors (Lipinski definition) is 4. The number of ether oxygens (including phenoxy) is 1. The molecule has 2 aliphatic rings. The highest BCUT2D eigenvalue weighted by molar-refractivity contribution is 6.31. The molecular formula is C17H23Cl2N3O3. The lowest BCUT2D eigenvalue weighted by Crippen LogP contribution is -2.43. The summed E-state index contributed by atoms with van der Waals surface area (Å²) in [5, 5.41) is 0.524. The Morgan fingerprint density at radius 1 is 1.44 bits per heavy atom. The summed E-state index contributed by atoms with van der Waals surface area (Å²) >= 11 is 6.06. The van der Waals surface area contributed by atoms with Gasteiger partial charge in [-0.05, 0) is 31.0 Å². The first-order valence-corrected chi connectivity index (χ1v) is 8.57. The molecule has 0 aliphatic carbocycles. The lowest BCUT2D eigenvalue weighted by atomic mass is 10.1. The number of methoxy groups -OCH3 is 1. The van der Waals surface area contributed by atoms with Crippen molar-refractivity contribution in [1.82, 2.24) is 4.90 Å². The maximum atomic E-state index is 12.8. The summed E-state index contributed by atoms with van der Waals surface area (Å²) in [6.45, 7) is 1.55. The third-order valence-electron chi connectivity index (χ3n) is 4.84. The second kappa shape index (κ2) is 8.25. The second-order valence-electron chi connectivity index (χ2n) is 6.28. The number of carbonyl (C=O) groups excluding carboxylic acids is 2. The minimum atomic E-state index is -0.340. The molecule has 2 fully saturated rings. The van der Waals surface area contributed by atoms with E-state index in [4.69, 9.17) is 22.1 Å². The highest BCUT2D eigenvalue weighted by Crippen LogP contribution is 2.36. The Balaban J connectivity index is 0.00000225. The molecule has 0 aromatic heterocycles. The van der Waals surface area contributed by atoms with E-state index in [1.54, 1.807) is 30.2 Å². The predicted octanol–water partition coefficient (Wildman–Crippen LogP) is 2.07. The molecule has 2 atom stereocenters.